The van der Waals surface area contributed by atoms with Gasteiger partial charge in [-0.15, -0.1) is 0 Å². The highest BCUT2D eigenvalue weighted by atomic mass is 16.3. The fourth-order valence-corrected chi connectivity index (χ4v) is 1.40. The third-order valence-electron chi connectivity index (χ3n) is 2.01. The van der Waals surface area contributed by atoms with Crippen LogP contribution in [0, 0.1) is 0 Å². The Morgan fingerprint density at radius 2 is 2.07 bits per heavy atom. The van der Waals surface area contributed by atoms with Crippen molar-refractivity contribution in [1.29, 1.82) is 0 Å². The number of hydrogen-bond donors (Lipinski definition) is 2. The zero-order valence-electron chi connectivity index (χ0n) is 9.44. The molecule has 0 amide bonds. The SMILES string of the molecule is CN(CC(C)(C)O)c1ccc(CO)cn1. The molecule has 84 valence electrons. The first-order valence-corrected chi connectivity index (χ1v) is 4.92. The Bertz CT molecular complexity index is 303. The molecule has 4 heteroatoms. The quantitative estimate of drug-likeness (QED) is 0.771. The van der Waals surface area contributed by atoms with E-state index in [1.807, 2.05) is 24.1 Å². The summed E-state index contributed by atoms with van der Waals surface area (Å²) in [4.78, 5) is 6.06. The van der Waals surface area contributed by atoms with Crippen molar-refractivity contribution in [3.8, 4) is 0 Å². The first-order chi connectivity index (χ1) is 6.92. The Kier molecular flexibility index (Phi) is 3.66. The van der Waals surface area contributed by atoms with Gasteiger partial charge in [-0.1, -0.05) is 6.07 Å². The standard InChI is InChI=1S/C11H18N2O2/c1-11(2,15)8-13(3)10-5-4-9(7-14)6-12-10/h4-6,14-15H,7-8H2,1-3H3. The van der Waals surface area contributed by atoms with Gasteiger partial charge in [0.2, 0.25) is 0 Å². The normalized spacial score (nSPS) is 11.5. The Hall–Kier alpha value is -1.13. The lowest BCUT2D eigenvalue weighted by Crippen LogP contribution is -2.36. The van der Waals surface area contributed by atoms with Crippen LogP contribution in [-0.4, -0.2) is 34.4 Å². The molecule has 0 saturated carbocycles. The summed E-state index contributed by atoms with van der Waals surface area (Å²) in [6.07, 6.45) is 1.64. The van der Waals surface area contributed by atoms with Crippen LogP contribution in [0.25, 0.3) is 0 Å². The second-order valence-corrected chi connectivity index (χ2v) is 4.35. The van der Waals surface area contributed by atoms with E-state index in [-0.39, 0.29) is 6.61 Å². The van der Waals surface area contributed by atoms with Gasteiger partial charge in [-0.05, 0) is 25.5 Å². The van der Waals surface area contributed by atoms with Crippen molar-refractivity contribution < 1.29 is 10.2 Å². The van der Waals surface area contributed by atoms with Crippen LogP contribution < -0.4 is 4.90 Å². The minimum Gasteiger partial charge on any atom is -0.392 e. The first-order valence-electron chi connectivity index (χ1n) is 4.92. The van der Waals surface area contributed by atoms with E-state index >= 15 is 0 Å². The Balaban J connectivity index is 2.70. The van der Waals surface area contributed by atoms with Crippen LogP contribution >= 0.6 is 0 Å². The summed E-state index contributed by atoms with van der Waals surface area (Å²) < 4.78 is 0. The number of aliphatic hydroxyl groups excluding tert-OH is 1. The first kappa shape index (κ1) is 11.9. The summed E-state index contributed by atoms with van der Waals surface area (Å²) in [5, 5.41) is 18.5. The average molecular weight is 210 g/mol. The molecule has 0 bridgehead atoms. The summed E-state index contributed by atoms with van der Waals surface area (Å²) >= 11 is 0. The minimum atomic E-state index is -0.744. The molecule has 15 heavy (non-hydrogen) atoms. The fourth-order valence-electron chi connectivity index (χ4n) is 1.40. The molecule has 0 fully saturated rings. The van der Waals surface area contributed by atoms with Crippen molar-refractivity contribution in [1.82, 2.24) is 4.98 Å². The van der Waals surface area contributed by atoms with Gasteiger partial charge in [-0.2, -0.15) is 0 Å². The zero-order valence-corrected chi connectivity index (χ0v) is 9.44. The second-order valence-electron chi connectivity index (χ2n) is 4.35. The lowest BCUT2D eigenvalue weighted by atomic mass is 10.1. The number of likely N-dealkylation sites (N-methyl/N-ethyl adjacent to an activating group) is 1. The maximum Gasteiger partial charge on any atom is 0.128 e. The number of anilines is 1. The third kappa shape index (κ3) is 3.85. The number of rotatable bonds is 4. The van der Waals surface area contributed by atoms with Gasteiger partial charge in [-0.3, -0.25) is 0 Å². The van der Waals surface area contributed by atoms with E-state index in [2.05, 4.69) is 4.98 Å². The molecule has 0 unspecified atom stereocenters. The molecule has 2 N–H and O–H groups in total. The van der Waals surface area contributed by atoms with E-state index in [1.54, 1.807) is 20.0 Å². The van der Waals surface area contributed by atoms with Crippen LogP contribution in [0.3, 0.4) is 0 Å². The Labute approximate surface area is 90.2 Å². The van der Waals surface area contributed by atoms with Crippen molar-refractivity contribution in [3.63, 3.8) is 0 Å². The van der Waals surface area contributed by atoms with E-state index in [0.717, 1.165) is 11.4 Å². The van der Waals surface area contributed by atoms with Gasteiger partial charge in [0.05, 0.1) is 12.2 Å². The van der Waals surface area contributed by atoms with E-state index in [0.29, 0.717) is 6.54 Å². The van der Waals surface area contributed by atoms with Crippen LogP contribution in [0.15, 0.2) is 18.3 Å². The van der Waals surface area contributed by atoms with E-state index in [9.17, 15) is 5.11 Å². The lowest BCUT2D eigenvalue weighted by Gasteiger charge is -2.26. The summed E-state index contributed by atoms with van der Waals surface area (Å²) in [5.41, 5.74) is 0.0434. The maximum atomic E-state index is 9.64. The van der Waals surface area contributed by atoms with Crippen LogP contribution in [0.1, 0.15) is 19.4 Å². The molecule has 0 saturated heterocycles. The Morgan fingerprint density at radius 3 is 2.47 bits per heavy atom. The summed E-state index contributed by atoms with van der Waals surface area (Å²) in [6.45, 7) is 4.03. The zero-order chi connectivity index (χ0) is 11.5. The van der Waals surface area contributed by atoms with Crippen LogP contribution in [0.4, 0.5) is 5.82 Å². The molecule has 0 aliphatic rings. The molecular formula is C11H18N2O2. The smallest absolute Gasteiger partial charge is 0.128 e. The predicted molar refractivity (Wildman–Crippen MR) is 59.7 cm³/mol. The Morgan fingerprint density at radius 1 is 1.40 bits per heavy atom. The lowest BCUT2D eigenvalue weighted by molar-refractivity contribution is 0.0884. The van der Waals surface area contributed by atoms with Gasteiger partial charge in [0, 0.05) is 19.8 Å². The van der Waals surface area contributed by atoms with Crippen LogP contribution in [0.2, 0.25) is 0 Å². The molecule has 0 radical (unpaired) electrons. The van der Waals surface area contributed by atoms with E-state index in [1.165, 1.54) is 0 Å². The number of pyridine rings is 1. The van der Waals surface area contributed by atoms with Gasteiger partial charge in [0.15, 0.2) is 0 Å². The van der Waals surface area contributed by atoms with Gasteiger partial charge in [-0.25, -0.2) is 4.98 Å². The summed E-state index contributed by atoms with van der Waals surface area (Å²) in [7, 11) is 1.87. The summed E-state index contributed by atoms with van der Waals surface area (Å²) in [6, 6.07) is 3.65. The van der Waals surface area contributed by atoms with Crippen LogP contribution in [-0.2, 0) is 6.61 Å². The molecule has 1 aromatic rings. The molecule has 4 nitrogen and oxygen atoms in total. The van der Waals surface area contributed by atoms with Crippen molar-refractivity contribution >= 4 is 5.82 Å². The second kappa shape index (κ2) is 4.59. The van der Waals surface area contributed by atoms with Gasteiger partial charge in [0.25, 0.3) is 0 Å². The van der Waals surface area contributed by atoms with E-state index in [4.69, 9.17) is 5.11 Å². The number of nitrogens with zero attached hydrogens (tertiary/aromatic N) is 2. The number of aromatic nitrogens is 1. The molecule has 0 atom stereocenters. The molecule has 0 aliphatic heterocycles. The van der Waals surface area contributed by atoms with Gasteiger partial charge in [0.1, 0.15) is 5.82 Å². The highest BCUT2D eigenvalue weighted by Gasteiger charge is 2.16. The molecule has 0 aromatic carbocycles. The van der Waals surface area contributed by atoms with Crippen molar-refractivity contribution in [2.75, 3.05) is 18.5 Å². The molecule has 1 rings (SSSR count). The fraction of sp³-hybridized carbons (Fsp3) is 0.545. The number of aliphatic hydroxyl groups is 2. The molecule has 0 spiro atoms. The molecule has 1 aromatic heterocycles. The highest BCUT2D eigenvalue weighted by molar-refractivity contribution is 5.38. The molecule has 0 aliphatic carbocycles. The molecular weight excluding hydrogens is 192 g/mol. The maximum absolute atomic E-state index is 9.64. The van der Waals surface area contributed by atoms with E-state index < -0.39 is 5.60 Å². The van der Waals surface area contributed by atoms with Gasteiger partial charge >= 0.3 is 0 Å². The topological polar surface area (TPSA) is 56.6 Å². The van der Waals surface area contributed by atoms with Crippen molar-refractivity contribution in [3.05, 3.63) is 23.9 Å². The van der Waals surface area contributed by atoms with Gasteiger partial charge < -0.3 is 15.1 Å². The van der Waals surface area contributed by atoms with Crippen molar-refractivity contribution in [2.45, 2.75) is 26.1 Å². The largest absolute Gasteiger partial charge is 0.392 e. The minimum absolute atomic E-state index is 0.00247. The highest BCUT2D eigenvalue weighted by Crippen LogP contribution is 2.13. The average Bonchev–Trinajstić information content (AvgIpc) is 2.15. The monoisotopic (exact) mass is 210 g/mol. The third-order valence-corrected chi connectivity index (χ3v) is 2.01. The van der Waals surface area contributed by atoms with Crippen LogP contribution in [0.5, 0.6) is 0 Å². The summed E-state index contributed by atoms with van der Waals surface area (Å²) in [5.74, 6) is 0.786. The predicted octanol–water partition coefficient (Wildman–Crippen LogP) is 0.781. The van der Waals surface area contributed by atoms with Crippen molar-refractivity contribution in [2.24, 2.45) is 0 Å². The number of hydrogen-bond acceptors (Lipinski definition) is 4. The molecule has 1 heterocycles.